The number of carbonyl (C=O) groups is 4. The van der Waals surface area contributed by atoms with Gasteiger partial charge in [0.2, 0.25) is 11.8 Å². The second kappa shape index (κ2) is 12.9. The number of anilines is 2. The number of carboxylic acids is 1. The van der Waals surface area contributed by atoms with Gasteiger partial charge >= 0.3 is 12.0 Å². The van der Waals surface area contributed by atoms with Gasteiger partial charge in [0.05, 0.1) is 6.42 Å². The van der Waals surface area contributed by atoms with Gasteiger partial charge in [-0.15, -0.1) is 0 Å². The molecule has 9 nitrogen and oxygen atoms in total. The van der Waals surface area contributed by atoms with Gasteiger partial charge in [-0.2, -0.15) is 0 Å². The van der Waals surface area contributed by atoms with Crippen LogP contribution in [-0.2, 0) is 20.8 Å². The number of aliphatic carboxylic acids is 1. The van der Waals surface area contributed by atoms with Gasteiger partial charge in [0, 0.05) is 17.9 Å². The monoisotopic (exact) mass is 508 g/mol. The summed E-state index contributed by atoms with van der Waals surface area (Å²) in [6, 6.07) is 12.4. The Balaban J connectivity index is 1.58. The van der Waals surface area contributed by atoms with Gasteiger partial charge in [-0.05, 0) is 67.9 Å². The van der Waals surface area contributed by atoms with Crippen molar-refractivity contribution in [2.45, 2.75) is 65.0 Å². The normalized spacial score (nSPS) is 16.1. The summed E-state index contributed by atoms with van der Waals surface area (Å²) in [6.45, 7) is 6.20. The number of hydrogen-bond donors (Lipinski definition) is 4. The van der Waals surface area contributed by atoms with Crippen LogP contribution < -0.4 is 16.0 Å². The molecule has 0 saturated carbocycles. The van der Waals surface area contributed by atoms with Crippen LogP contribution in [0, 0.1) is 12.8 Å². The zero-order chi connectivity index (χ0) is 26.9. The Kier molecular flexibility index (Phi) is 9.65. The van der Waals surface area contributed by atoms with Crippen LogP contribution in [0.4, 0.5) is 16.2 Å². The van der Waals surface area contributed by atoms with E-state index < -0.39 is 18.1 Å². The van der Waals surface area contributed by atoms with Crippen LogP contribution in [0.1, 0.15) is 50.7 Å². The first-order valence-electron chi connectivity index (χ1n) is 12.7. The van der Waals surface area contributed by atoms with Crippen LogP contribution in [0.15, 0.2) is 48.5 Å². The molecule has 198 valence electrons. The van der Waals surface area contributed by atoms with Crippen molar-refractivity contribution in [2.75, 3.05) is 17.2 Å². The van der Waals surface area contributed by atoms with Crippen molar-refractivity contribution < 1.29 is 24.3 Å². The molecule has 1 aliphatic heterocycles. The lowest BCUT2D eigenvalue weighted by atomic mass is 9.97. The van der Waals surface area contributed by atoms with E-state index in [0.29, 0.717) is 25.1 Å². The summed E-state index contributed by atoms with van der Waals surface area (Å²) in [6.07, 6.45) is 2.42. The number of nitrogens with zero attached hydrogens (tertiary/aromatic N) is 1. The summed E-state index contributed by atoms with van der Waals surface area (Å²) in [7, 11) is 0. The molecule has 1 heterocycles. The molecule has 1 aliphatic rings. The number of amides is 4. The molecule has 1 fully saturated rings. The number of para-hydroxylation sites is 1. The third-order valence-electron chi connectivity index (χ3n) is 6.38. The SMILES string of the molecule is Cc1ccccc1NC(=O)Nc1ccc(CC(=O)N[C@@H](CC(C)C)C(=O)N2CCCCC2C(=O)O)cc1. The molecule has 2 aromatic rings. The zero-order valence-corrected chi connectivity index (χ0v) is 21.6. The predicted octanol–water partition coefficient (Wildman–Crippen LogP) is 4.18. The van der Waals surface area contributed by atoms with Crippen molar-refractivity contribution >= 4 is 35.2 Å². The second-order valence-electron chi connectivity index (χ2n) is 9.90. The van der Waals surface area contributed by atoms with Crippen molar-refractivity contribution in [1.29, 1.82) is 0 Å². The van der Waals surface area contributed by atoms with E-state index in [1.165, 1.54) is 4.90 Å². The Bertz CT molecular complexity index is 1120. The van der Waals surface area contributed by atoms with Gasteiger partial charge in [0.25, 0.3) is 0 Å². The maximum absolute atomic E-state index is 13.2. The molecule has 9 heteroatoms. The second-order valence-corrected chi connectivity index (χ2v) is 9.90. The molecule has 0 aliphatic carbocycles. The summed E-state index contributed by atoms with van der Waals surface area (Å²) in [5, 5.41) is 18.0. The lowest BCUT2D eigenvalue weighted by Gasteiger charge is -2.36. The maximum atomic E-state index is 13.2. The number of aryl methyl sites for hydroxylation is 1. The molecule has 1 unspecified atom stereocenters. The smallest absolute Gasteiger partial charge is 0.326 e. The maximum Gasteiger partial charge on any atom is 0.326 e. The highest BCUT2D eigenvalue weighted by Gasteiger charge is 2.36. The van der Waals surface area contributed by atoms with Gasteiger partial charge in [-0.25, -0.2) is 9.59 Å². The molecule has 2 atom stereocenters. The Morgan fingerprint density at radius 2 is 1.70 bits per heavy atom. The van der Waals surface area contributed by atoms with Crippen molar-refractivity contribution in [1.82, 2.24) is 10.2 Å². The lowest BCUT2D eigenvalue weighted by Crippen LogP contribution is -2.56. The van der Waals surface area contributed by atoms with E-state index in [2.05, 4.69) is 16.0 Å². The number of carbonyl (C=O) groups excluding carboxylic acids is 3. The minimum Gasteiger partial charge on any atom is -0.480 e. The summed E-state index contributed by atoms with van der Waals surface area (Å²) < 4.78 is 0. The van der Waals surface area contributed by atoms with E-state index in [4.69, 9.17) is 0 Å². The average molecular weight is 509 g/mol. The third-order valence-corrected chi connectivity index (χ3v) is 6.38. The van der Waals surface area contributed by atoms with E-state index >= 15 is 0 Å². The molecular weight excluding hydrogens is 472 g/mol. The molecule has 1 saturated heterocycles. The molecule has 0 spiro atoms. The summed E-state index contributed by atoms with van der Waals surface area (Å²) in [4.78, 5) is 51.4. The number of urea groups is 1. The minimum absolute atomic E-state index is 0.0555. The predicted molar refractivity (Wildman–Crippen MR) is 142 cm³/mol. The highest BCUT2D eigenvalue weighted by atomic mass is 16.4. The molecule has 0 aromatic heterocycles. The molecule has 4 amide bonds. The number of likely N-dealkylation sites (tertiary alicyclic amines) is 1. The Hall–Kier alpha value is -3.88. The molecular formula is C28H36N4O5. The fourth-order valence-electron chi connectivity index (χ4n) is 4.48. The largest absolute Gasteiger partial charge is 0.480 e. The molecule has 0 bridgehead atoms. The topological polar surface area (TPSA) is 128 Å². The van der Waals surface area contributed by atoms with Gasteiger partial charge in [-0.3, -0.25) is 9.59 Å². The first-order chi connectivity index (χ1) is 17.6. The van der Waals surface area contributed by atoms with E-state index in [-0.39, 0.29) is 30.2 Å². The lowest BCUT2D eigenvalue weighted by molar-refractivity contribution is -0.153. The van der Waals surface area contributed by atoms with Gasteiger partial charge in [0.15, 0.2) is 0 Å². The summed E-state index contributed by atoms with van der Waals surface area (Å²) in [5.74, 6) is -1.53. The quantitative estimate of drug-likeness (QED) is 0.404. The number of piperidine rings is 1. The molecule has 2 aromatic carbocycles. The van der Waals surface area contributed by atoms with E-state index in [1.54, 1.807) is 24.3 Å². The first-order valence-corrected chi connectivity index (χ1v) is 12.7. The molecule has 0 radical (unpaired) electrons. The highest BCUT2D eigenvalue weighted by Crippen LogP contribution is 2.20. The van der Waals surface area contributed by atoms with Crippen LogP contribution in [0.2, 0.25) is 0 Å². The van der Waals surface area contributed by atoms with Crippen LogP contribution in [-0.4, -0.2) is 52.4 Å². The Morgan fingerprint density at radius 3 is 2.35 bits per heavy atom. The van der Waals surface area contributed by atoms with Crippen LogP contribution in [0.3, 0.4) is 0 Å². The van der Waals surface area contributed by atoms with Crippen molar-refractivity contribution in [3.63, 3.8) is 0 Å². The Morgan fingerprint density at radius 1 is 1.00 bits per heavy atom. The van der Waals surface area contributed by atoms with Gasteiger partial charge in [-0.1, -0.05) is 44.2 Å². The third kappa shape index (κ3) is 8.06. The van der Waals surface area contributed by atoms with Crippen LogP contribution in [0.25, 0.3) is 0 Å². The van der Waals surface area contributed by atoms with Crippen LogP contribution >= 0.6 is 0 Å². The zero-order valence-electron chi connectivity index (χ0n) is 21.6. The minimum atomic E-state index is -1.01. The molecule has 37 heavy (non-hydrogen) atoms. The van der Waals surface area contributed by atoms with E-state index in [1.807, 2.05) is 45.0 Å². The molecule has 4 N–H and O–H groups in total. The van der Waals surface area contributed by atoms with Crippen LogP contribution in [0.5, 0.6) is 0 Å². The number of rotatable bonds is 9. The first kappa shape index (κ1) is 27.7. The van der Waals surface area contributed by atoms with Crippen molar-refractivity contribution in [3.8, 4) is 0 Å². The van der Waals surface area contributed by atoms with Gasteiger partial charge in [0.1, 0.15) is 12.1 Å². The number of carboxylic acid groups (broad SMARTS) is 1. The van der Waals surface area contributed by atoms with Crippen molar-refractivity contribution in [2.24, 2.45) is 5.92 Å². The fourth-order valence-corrected chi connectivity index (χ4v) is 4.48. The summed E-state index contributed by atoms with van der Waals surface area (Å²) in [5.41, 5.74) is 2.97. The highest BCUT2D eigenvalue weighted by molar-refractivity contribution is 6.00. The summed E-state index contributed by atoms with van der Waals surface area (Å²) >= 11 is 0. The number of benzene rings is 2. The standard InChI is InChI=1S/C28H36N4O5/c1-18(2)16-23(26(34)32-15-7-6-10-24(32)27(35)36)30-25(33)17-20-11-13-21(14-12-20)29-28(37)31-22-9-5-4-8-19(22)3/h4-5,8-9,11-14,18,23-24H,6-7,10,15-17H2,1-3H3,(H,30,33)(H,35,36)(H2,29,31,37)/t23-,24?/m0/s1. The molecule has 3 rings (SSSR count). The number of hydrogen-bond acceptors (Lipinski definition) is 4. The van der Waals surface area contributed by atoms with E-state index in [0.717, 1.165) is 29.7 Å². The fraction of sp³-hybridized carbons (Fsp3) is 0.429. The number of nitrogens with one attached hydrogen (secondary N) is 3. The van der Waals surface area contributed by atoms with Crippen molar-refractivity contribution in [3.05, 3.63) is 59.7 Å². The van der Waals surface area contributed by atoms with E-state index in [9.17, 15) is 24.3 Å². The Labute approximate surface area is 217 Å². The average Bonchev–Trinajstić information content (AvgIpc) is 2.85. The van der Waals surface area contributed by atoms with Gasteiger partial charge < -0.3 is 26.0 Å².